The number of hydrogen-bond donors (Lipinski definition) is 1. The van der Waals surface area contributed by atoms with Crippen LogP contribution in [0.1, 0.15) is 11.8 Å². The van der Waals surface area contributed by atoms with E-state index in [2.05, 4.69) is 28.6 Å². The molecule has 0 bridgehead atoms. The SMILES string of the molecule is CCN(CC(=O)Nc1ccccc1OC)Cc1cccs1. The molecule has 0 aliphatic rings. The lowest BCUT2D eigenvalue weighted by Gasteiger charge is -2.19. The van der Waals surface area contributed by atoms with Crippen LogP contribution in [-0.2, 0) is 11.3 Å². The highest BCUT2D eigenvalue weighted by Crippen LogP contribution is 2.23. The summed E-state index contributed by atoms with van der Waals surface area (Å²) in [4.78, 5) is 15.5. The van der Waals surface area contributed by atoms with Gasteiger partial charge in [-0.15, -0.1) is 11.3 Å². The van der Waals surface area contributed by atoms with Crippen LogP contribution in [0.4, 0.5) is 5.69 Å². The average molecular weight is 304 g/mol. The maximum absolute atomic E-state index is 12.2. The molecular formula is C16H20N2O2S. The van der Waals surface area contributed by atoms with Gasteiger partial charge in [0.25, 0.3) is 0 Å². The van der Waals surface area contributed by atoms with E-state index in [1.165, 1.54) is 4.88 Å². The van der Waals surface area contributed by atoms with E-state index >= 15 is 0 Å². The largest absolute Gasteiger partial charge is 0.495 e. The number of nitrogens with one attached hydrogen (secondary N) is 1. The van der Waals surface area contributed by atoms with Gasteiger partial charge in [0.15, 0.2) is 0 Å². The van der Waals surface area contributed by atoms with E-state index in [-0.39, 0.29) is 5.91 Å². The van der Waals surface area contributed by atoms with Gasteiger partial charge in [0.05, 0.1) is 19.3 Å². The number of carbonyl (C=O) groups excluding carboxylic acids is 1. The predicted octanol–water partition coefficient (Wildman–Crippen LogP) is 3.22. The van der Waals surface area contributed by atoms with Gasteiger partial charge in [-0.2, -0.15) is 0 Å². The van der Waals surface area contributed by atoms with Crippen LogP contribution < -0.4 is 10.1 Å². The van der Waals surface area contributed by atoms with Gasteiger partial charge < -0.3 is 10.1 Å². The molecule has 0 saturated carbocycles. The van der Waals surface area contributed by atoms with Crippen LogP contribution >= 0.6 is 11.3 Å². The third-order valence-electron chi connectivity index (χ3n) is 3.16. The van der Waals surface area contributed by atoms with Gasteiger partial charge in [-0.05, 0) is 30.1 Å². The van der Waals surface area contributed by atoms with Crippen molar-refractivity contribution in [2.75, 3.05) is 25.5 Å². The highest BCUT2D eigenvalue weighted by molar-refractivity contribution is 7.09. The zero-order valence-corrected chi connectivity index (χ0v) is 13.2. The fraction of sp³-hybridized carbons (Fsp3) is 0.312. The Morgan fingerprint density at radius 3 is 2.76 bits per heavy atom. The molecule has 1 aromatic carbocycles. The molecule has 0 radical (unpaired) electrons. The van der Waals surface area contributed by atoms with E-state index in [1.807, 2.05) is 30.3 Å². The summed E-state index contributed by atoms with van der Waals surface area (Å²) in [6, 6.07) is 11.5. The molecule has 1 N–H and O–H groups in total. The molecule has 2 rings (SSSR count). The molecule has 0 aliphatic carbocycles. The van der Waals surface area contributed by atoms with E-state index < -0.39 is 0 Å². The van der Waals surface area contributed by atoms with E-state index in [1.54, 1.807) is 18.4 Å². The van der Waals surface area contributed by atoms with Crippen LogP contribution in [0.25, 0.3) is 0 Å². The number of anilines is 1. The molecule has 1 heterocycles. The minimum atomic E-state index is -0.0297. The lowest BCUT2D eigenvalue weighted by Crippen LogP contribution is -2.32. The van der Waals surface area contributed by atoms with Crippen LogP contribution in [0.15, 0.2) is 41.8 Å². The molecule has 0 spiro atoms. The smallest absolute Gasteiger partial charge is 0.238 e. The summed E-state index contributed by atoms with van der Waals surface area (Å²) < 4.78 is 5.24. The molecule has 0 aliphatic heterocycles. The first-order valence-electron chi connectivity index (χ1n) is 6.90. The van der Waals surface area contributed by atoms with Crippen molar-refractivity contribution in [1.82, 2.24) is 4.90 Å². The van der Waals surface area contributed by atoms with Crippen LogP contribution in [0, 0.1) is 0 Å². The van der Waals surface area contributed by atoms with Gasteiger partial charge in [-0.3, -0.25) is 9.69 Å². The van der Waals surface area contributed by atoms with Crippen molar-refractivity contribution in [1.29, 1.82) is 0 Å². The maximum atomic E-state index is 12.2. The van der Waals surface area contributed by atoms with E-state index in [0.29, 0.717) is 18.0 Å². The number of rotatable bonds is 7. The van der Waals surface area contributed by atoms with Gasteiger partial charge >= 0.3 is 0 Å². The summed E-state index contributed by atoms with van der Waals surface area (Å²) in [5.41, 5.74) is 0.706. The second-order valence-corrected chi connectivity index (χ2v) is 5.66. The van der Waals surface area contributed by atoms with E-state index in [0.717, 1.165) is 13.1 Å². The molecule has 0 fully saturated rings. The minimum absolute atomic E-state index is 0.0297. The number of para-hydroxylation sites is 2. The quantitative estimate of drug-likeness (QED) is 0.854. The molecule has 5 heteroatoms. The second kappa shape index (κ2) is 7.81. The molecule has 112 valence electrons. The van der Waals surface area contributed by atoms with Crippen LogP contribution in [-0.4, -0.2) is 31.0 Å². The Morgan fingerprint density at radius 1 is 1.29 bits per heavy atom. The van der Waals surface area contributed by atoms with E-state index in [4.69, 9.17) is 4.74 Å². The number of hydrogen-bond acceptors (Lipinski definition) is 4. The fourth-order valence-corrected chi connectivity index (χ4v) is 2.79. The van der Waals surface area contributed by atoms with Gasteiger partial charge in [-0.25, -0.2) is 0 Å². The maximum Gasteiger partial charge on any atom is 0.238 e. The van der Waals surface area contributed by atoms with Gasteiger partial charge in [0, 0.05) is 11.4 Å². The Hall–Kier alpha value is -1.85. The molecule has 0 saturated heterocycles. The number of nitrogens with zero attached hydrogens (tertiary/aromatic N) is 1. The van der Waals surface area contributed by atoms with Crippen LogP contribution in [0.5, 0.6) is 5.75 Å². The Balaban J connectivity index is 1.93. The number of carbonyl (C=O) groups is 1. The highest BCUT2D eigenvalue weighted by atomic mass is 32.1. The summed E-state index contributed by atoms with van der Waals surface area (Å²) in [6.07, 6.45) is 0. The van der Waals surface area contributed by atoms with Crippen molar-refractivity contribution in [3.63, 3.8) is 0 Å². The molecule has 1 amide bonds. The average Bonchev–Trinajstić information content (AvgIpc) is 3.00. The van der Waals surface area contributed by atoms with Crippen molar-refractivity contribution in [2.24, 2.45) is 0 Å². The normalized spacial score (nSPS) is 10.6. The van der Waals surface area contributed by atoms with Crippen molar-refractivity contribution in [3.8, 4) is 5.75 Å². The topological polar surface area (TPSA) is 41.6 Å². The molecule has 0 atom stereocenters. The zero-order valence-electron chi connectivity index (χ0n) is 12.3. The second-order valence-electron chi connectivity index (χ2n) is 4.63. The van der Waals surface area contributed by atoms with Gasteiger partial charge in [-0.1, -0.05) is 25.1 Å². The van der Waals surface area contributed by atoms with Crippen LogP contribution in [0.2, 0.25) is 0 Å². The number of benzene rings is 1. The molecule has 2 aromatic rings. The summed E-state index contributed by atoms with van der Waals surface area (Å²) >= 11 is 1.71. The fourth-order valence-electron chi connectivity index (χ4n) is 2.04. The molecule has 1 aromatic heterocycles. The summed E-state index contributed by atoms with van der Waals surface area (Å²) in [6.45, 7) is 4.06. The molecule has 21 heavy (non-hydrogen) atoms. The number of thiophene rings is 1. The first-order valence-corrected chi connectivity index (χ1v) is 7.78. The summed E-state index contributed by atoms with van der Waals surface area (Å²) in [5.74, 6) is 0.644. The van der Waals surface area contributed by atoms with Crippen molar-refractivity contribution in [3.05, 3.63) is 46.7 Å². The van der Waals surface area contributed by atoms with Crippen molar-refractivity contribution >= 4 is 22.9 Å². The van der Waals surface area contributed by atoms with Crippen LogP contribution in [0.3, 0.4) is 0 Å². The molecular weight excluding hydrogens is 284 g/mol. The van der Waals surface area contributed by atoms with Gasteiger partial charge in [0.2, 0.25) is 5.91 Å². The zero-order chi connectivity index (χ0) is 15.1. The Morgan fingerprint density at radius 2 is 2.10 bits per heavy atom. The monoisotopic (exact) mass is 304 g/mol. The Kier molecular flexibility index (Phi) is 5.78. The number of likely N-dealkylation sites (N-methyl/N-ethyl adjacent to an activating group) is 1. The lowest BCUT2D eigenvalue weighted by atomic mass is 10.3. The lowest BCUT2D eigenvalue weighted by molar-refractivity contribution is -0.117. The first-order chi connectivity index (χ1) is 10.2. The van der Waals surface area contributed by atoms with Gasteiger partial charge in [0.1, 0.15) is 5.75 Å². The Bertz CT molecular complexity index is 569. The van der Waals surface area contributed by atoms with Crippen molar-refractivity contribution in [2.45, 2.75) is 13.5 Å². The summed E-state index contributed by atoms with van der Waals surface area (Å²) in [7, 11) is 1.60. The van der Waals surface area contributed by atoms with Crippen molar-refractivity contribution < 1.29 is 9.53 Å². The standard InChI is InChI=1S/C16H20N2O2S/c1-3-18(11-13-7-6-10-21-13)12-16(19)17-14-8-4-5-9-15(14)20-2/h4-10H,3,11-12H2,1-2H3,(H,17,19). The summed E-state index contributed by atoms with van der Waals surface area (Å²) in [5, 5.41) is 4.96. The number of ether oxygens (including phenoxy) is 1. The number of methoxy groups -OCH3 is 1. The third kappa shape index (κ3) is 4.58. The molecule has 4 nitrogen and oxygen atoms in total. The first kappa shape index (κ1) is 15.5. The minimum Gasteiger partial charge on any atom is -0.495 e. The third-order valence-corrected chi connectivity index (χ3v) is 4.02. The number of amides is 1. The van der Waals surface area contributed by atoms with E-state index in [9.17, 15) is 4.79 Å². The molecule has 0 unspecified atom stereocenters. The Labute approximate surface area is 129 Å². The predicted molar refractivity (Wildman–Crippen MR) is 86.9 cm³/mol. The highest BCUT2D eigenvalue weighted by Gasteiger charge is 2.12.